The number of ether oxygens (including phenoxy) is 1. The van der Waals surface area contributed by atoms with Gasteiger partial charge in [0.05, 0.1) is 12.5 Å². The monoisotopic (exact) mass is 201 g/mol. The van der Waals surface area contributed by atoms with Crippen molar-refractivity contribution in [2.24, 2.45) is 11.1 Å². The second-order valence-electron chi connectivity index (χ2n) is 3.23. The van der Waals surface area contributed by atoms with Crippen molar-refractivity contribution in [1.82, 2.24) is 0 Å². The third-order valence-corrected chi connectivity index (χ3v) is 2.21. The first kappa shape index (κ1) is 13.1. The van der Waals surface area contributed by atoms with E-state index in [1.54, 1.807) is 6.92 Å². The molecule has 0 saturated carbocycles. The quantitative estimate of drug-likeness (QED) is 0.469. The Labute approximate surface area is 85.0 Å². The largest absolute Gasteiger partial charge is 0.466 e. The number of nitrogens with zero attached hydrogens (tertiary/aromatic N) is 1. The minimum absolute atomic E-state index is 0.298. The zero-order valence-corrected chi connectivity index (χ0v) is 9.16. The average Bonchev–Trinajstić information content (AvgIpc) is 2.18. The Morgan fingerprint density at radius 1 is 1.36 bits per heavy atom. The van der Waals surface area contributed by atoms with Crippen LogP contribution in [0.5, 0.6) is 0 Å². The maximum Gasteiger partial charge on any atom is 0.311 e. The third-order valence-electron chi connectivity index (χ3n) is 2.21. The molecule has 0 aliphatic heterocycles. The Bertz CT molecular complexity index is 182. The van der Waals surface area contributed by atoms with Crippen LogP contribution in [-0.4, -0.2) is 18.6 Å². The summed E-state index contributed by atoms with van der Waals surface area (Å²) in [5, 5.41) is 3.00. The van der Waals surface area contributed by atoms with Crippen molar-refractivity contribution in [1.29, 1.82) is 0 Å². The van der Waals surface area contributed by atoms with E-state index in [2.05, 4.69) is 5.18 Å². The van der Waals surface area contributed by atoms with Crippen LogP contribution in [-0.2, 0) is 9.53 Å². The molecular weight excluding hydrogens is 182 g/mol. The lowest BCUT2D eigenvalue weighted by Gasteiger charge is -2.17. The van der Waals surface area contributed by atoms with E-state index in [4.69, 9.17) is 4.74 Å². The number of carbonyl (C=O) groups excluding carboxylic acids is 1. The molecule has 0 saturated heterocycles. The van der Waals surface area contributed by atoms with Crippen molar-refractivity contribution in [3.8, 4) is 0 Å². The Kier molecular flexibility index (Phi) is 6.98. The lowest BCUT2D eigenvalue weighted by atomic mass is 9.94. The molecule has 0 fully saturated rings. The van der Waals surface area contributed by atoms with Gasteiger partial charge in [0, 0.05) is 0 Å². The van der Waals surface area contributed by atoms with Gasteiger partial charge in [0.15, 0.2) is 0 Å². The molecule has 0 aliphatic carbocycles. The van der Waals surface area contributed by atoms with Gasteiger partial charge in [-0.1, -0.05) is 25.4 Å². The van der Waals surface area contributed by atoms with Gasteiger partial charge in [-0.3, -0.25) is 4.79 Å². The molecule has 2 unspecified atom stereocenters. The Morgan fingerprint density at radius 3 is 2.36 bits per heavy atom. The van der Waals surface area contributed by atoms with Gasteiger partial charge < -0.3 is 4.74 Å². The van der Waals surface area contributed by atoms with Gasteiger partial charge in [-0.2, -0.15) is 4.91 Å². The maximum atomic E-state index is 11.4. The minimum Gasteiger partial charge on any atom is -0.466 e. The van der Waals surface area contributed by atoms with E-state index in [1.165, 1.54) is 0 Å². The summed E-state index contributed by atoms with van der Waals surface area (Å²) in [6.07, 6.45) is 2.11. The molecule has 0 bridgehead atoms. The van der Waals surface area contributed by atoms with Crippen LogP contribution >= 0.6 is 0 Å². The zero-order chi connectivity index (χ0) is 11.0. The van der Waals surface area contributed by atoms with Crippen LogP contribution in [0.25, 0.3) is 0 Å². The smallest absolute Gasteiger partial charge is 0.311 e. The highest BCUT2D eigenvalue weighted by atomic mass is 16.5. The highest BCUT2D eigenvalue weighted by Crippen LogP contribution is 2.18. The summed E-state index contributed by atoms with van der Waals surface area (Å²) in [5.41, 5.74) is 0. The van der Waals surface area contributed by atoms with Crippen molar-refractivity contribution in [3.63, 3.8) is 0 Å². The number of rotatable bonds is 7. The van der Waals surface area contributed by atoms with Crippen molar-refractivity contribution in [2.75, 3.05) is 6.61 Å². The Balaban J connectivity index is 4.33. The number of hydrogen-bond donors (Lipinski definition) is 0. The Hall–Kier alpha value is -0.930. The maximum absolute atomic E-state index is 11.4. The van der Waals surface area contributed by atoms with Gasteiger partial charge in [0.1, 0.15) is 6.04 Å². The van der Waals surface area contributed by atoms with Crippen LogP contribution in [0, 0.1) is 10.8 Å². The molecule has 0 aromatic heterocycles. The van der Waals surface area contributed by atoms with Gasteiger partial charge in [0.2, 0.25) is 0 Å². The fourth-order valence-electron chi connectivity index (χ4n) is 1.47. The molecule has 82 valence electrons. The number of hydrogen-bond acceptors (Lipinski definition) is 4. The van der Waals surface area contributed by atoms with E-state index >= 15 is 0 Å². The molecule has 4 nitrogen and oxygen atoms in total. The molecule has 4 heteroatoms. The van der Waals surface area contributed by atoms with E-state index in [0.29, 0.717) is 19.4 Å². The molecule has 0 N–H and O–H groups in total. The minimum atomic E-state index is -0.427. The van der Waals surface area contributed by atoms with Crippen LogP contribution in [0.4, 0.5) is 0 Å². The van der Waals surface area contributed by atoms with E-state index in [0.717, 1.165) is 6.42 Å². The predicted octanol–water partition coefficient (Wildman–Crippen LogP) is 2.51. The summed E-state index contributed by atoms with van der Waals surface area (Å²) in [6, 6.07) is -0.427. The van der Waals surface area contributed by atoms with E-state index in [9.17, 15) is 9.70 Å². The standard InChI is InChI=1S/C10H19NO3/c1-4-7-9(11-13)8(5-2)10(12)14-6-3/h8-9H,4-7H2,1-3H3. The lowest BCUT2D eigenvalue weighted by Crippen LogP contribution is -2.28. The van der Waals surface area contributed by atoms with Crippen molar-refractivity contribution in [3.05, 3.63) is 4.91 Å². The molecule has 0 rings (SSSR count). The summed E-state index contributed by atoms with van der Waals surface area (Å²) in [5.74, 6) is -0.666. The van der Waals surface area contributed by atoms with Crippen molar-refractivity contribution < 1.29 is 9.53 Å². The predicted molar refractivity (Wildman–Crippen MR) is 54.9 cm³/mol. The molecule has 14 heavy (non-hydrogen) atoms. The summed E-state index contributed by atoms with van der Waals surface area (Å²) in [7, 11) is 0. The van der Waals surface area contributed by atoms with Crippen molar-refractivity contribution >= 4 is 5.97 Å². The molecule has 0 spiro atoms. The van der Waals surface area contributed by atoms with Crippen molar-refractivity contribution in [2.45, 2.75) is 46.1 Å². The molecule has 0 aromatic carbocycles. The molecular formula is C10H19NO3. The van der Waals surface area contributed by atoms with Gasteiger partial charge in [0.25, 0.3) is 0 Å². The first-order chi connectivity index (χ1) is 6.71. The van der Waals surface area contributed by atoms with Gasteiger partial charge in [-0.05, 0) is 19.8 Å². The lowest BCUT2D eigenvalue weighted by molar-refractivity contribution is -0.148. The number of nitroso groups, excluding NO2 is 1. The summed E-state index contributed by atoms with van der Waals surface area (Å²) < 4.78 is 4.89. The molecule has 2 atom stereocenters. The topological polar surface area (TPSA) is 55.7 Å². The highest BCUT2D eigenvalue weighted by Gasteiger charge is 2.28. The molecule has 0 aromatic rings. The molecule has 0 heterocycles. The summed E-state index contributed by atoms with van der Waals surface area (Å²) in [4.78, 5) is 22.0. The van der Waals surface area contributed by atoms with E-state index < -0.39 is 6.04 Å². The van der Waals surface area contributed by atoms with Crippen LogP contribution in [0.3, 0.4) is 0 Å². The molecule has 0 radical (unpaired) electrons. The molecule has 0 aliphatic rings. The fraction of sp³-hybridized carbons (Fsp3) is 0.900. The summed E-state index contributed by atoms with van der Waals surface area (Å²) >= 11 is 0. The SMILES string of the molecule is CCCC(N=O)C(CC)C(=O)OCC. The van der Waals surface area contributed by atoms with Crippen LogP contribution in [0.1, 0.15) is 40.0 Å². The Morgan fingerprint density at radius 2 is 2.00 bits per heavy atom. The van der Waals surface area contributed by atoms with E-state index in [1.807, 2.05) is 13.8 Å². The number of esters is 1. The summed E-state index contributed by atoms with van der Waals surface area (Å²) in [6.45, 7) is 5.95. The highest BCUT2D eigenvalue weighted by molar-refractivity contribution is 5.73. The number of carbonyl (C=O) groups is 1. The van der Waals surface area contributed by atoms with Gasteiger partial charge in [-0.15, -0.1) is 0 Å². The van der Waals surface area contributed by atoms with Crippen LogP contribution < -0.4 is 0 Å². The first-order valence-corrected chi connectivity index (χ1v) is 5.20. The van der Waals surface area contributed by atoms with Gasteiger partial charge >= 0.3 is 5.97 Å². The second kappa shape index (κ2) is 7.47. The van der Waals surface area contributed by atoms with E-state index in [-0.39, 0.29) is 11.9 Å². The zero-order valence-electron chi connectivity index (χ0n) is 9.16. The van der Waals surface area contributed by atoms with Crippen LogP contribution in [0.15, 0.2) is 5.18 Å². The fourth-order valence-corrected chi connectivity index (χ4v) is 1.47. The van der Waals surface area contributed by atoms with Crippen LogP contribution in [0.2, 0.25) is 0 Å². The normalized spacial score (nSPS) is 14.5. The second-order valence-corrected chi connectivity index (χ2v) is 3.23. The third kappa shape index (κ3) is 3.85. The molecule has 0 amide bonds. The first-order valence-electron chi connectivity index (χ1n) is 5.20. The van der Waals surface area contributed by atoms with Gasteiger partial charge in [-0.25, -0.2) is 0 Å². The average molecular weight is 201 g/mol.